The number of benzene rings is 1. The summed E-state index contributed by atoms with van der Waals surface area (Å²) in [6.45, 7) is 4.04. The van der Waals surface area contributed by atoms with Crippen molar-refractivity contribution >= 4 is 0 Å². The highest BCUT2D eigenvalue weighted by molar-refractivity contribution is 5.21. The molecule has 0 fully saturated rings. The van der Waals surface area contributed by atoms with Crippen molar-refractivity contribution in [3.05, 3.63) is 35.9 Å². The fourth-order valence-corrected chi connectivity index (χ4v) is 1.55. The number of hydrogen-bond acceptors (Lipinski definition) is 2. The second-order valence-corrected chi connectivity index (χ2v) is 3.79. The molecule has 0 aromatic heterocycles. The van der Waals surface area contributed by atoms with Gasteiger partial charge in [0.2, 0.25) is 0 Å². The van der Waals surface area contributed by atoms with Crippen LogP contribution in [0.1, 0.15) is 38.7 Å². The van der Waals surface area contributed by atoms with Crippen LogP contribution >= 0.6 is 0 Å². The zero-order valence-electron chi connectivity index (χ0n) is 8.86. The predicted octanol–water partition coefficient (Wildman–Crippen LogP) is 3.58. The maximum absolute atomic E-state index is 8.97. The number of hydrogen-bond donors (Lipinski definition) is 1. The Hall–Kier alpha value is -0.860. The van der Waals surface area contributed by atoms with Gasteiger partial charge >= 0.3 is 0 Å². The van der Waals surface area contributed by atoms with Gasteiger partial charge in [0, 0.05) is 0 Å². The van der Waals surface area contributed by atoms with Gasteiger partial charge in [-0.25, -0.2) is 4.89 Å². The molecule has 0 bridgehead atoms. The van der Waals surface area contributed by atoms with Gasteiger partial charge in [-0.05, 0) is 18.9 Å². The fourth-order valence-electron chi connectivity index (χ4n) is 1.55. The van der Waals surface area contributed by atoms with Gasteiger partial charge in [0.1, 0.15) is 5.60 Å². The molecule has 0 amide bonds. The minimum absolute atomic E-state index is 0.558. The molecule has 0 saturated heterocycles. The first-order chi connectivity index (χ1) is 6.73. The summed E-state index contributed by atoms with van der Waals surface area (Å²) in [6, 6.07) is 9.83. The third kappa shape index (κ3) is 2.56. The van der Waals surface area contributed by atoms with Crippen LogP contribution in [-0.2, 0) is 10.5 Å². The van der Waals surface area contributed by atoms with Crippen LogP contribution in [0.25, 0.3) is 0 Å². The van der Waals surface area contributed by atoms with E-state index in [1.54, 1.807) is 0 Å². The van der Waals surface area contributed by atoms with Crippen LogP contribution in [0.3, 0.4) is 0 Å². The van der Waals surface area contributed by atoms with E-state index in [0.29, 0.717) is 0 Å². The lowest BCUT2D eigenvalue weighted by atomic mass is 9.91. The summed E-state index contributed by atoms with van der Waals surface area (Å²) in [6.07, 6.45) is 2.99. The van der Waals surface area contributed by atoms with Gasteiger partial charge in [-0.3, -0.25) is 5.26 Å². The normalized spacial score (nSPS) is 15.1. The van der Waals surface area contributed by atoms with Crippen molar-refractivity contribution in [3.63, 3.8) is 0 Å². The third-order valence-corrected chi connectivity index (χ3v) is 2.59. The molecular weight excluding hydrogens is 176 g/mol. The summed E-state index contributed by atoms with van der Waals surface area (Å²) in [5.41, 5.74) is 0.466. The Kier molecular flexibility index (Phi) is 4.11. The first-order valence-electron chi connectivity index (χ1n) is 5.11. The van der Waals surface area contributed by atoms with Crippen LogP contribution in [0.15, 0.2) is 30.3 Å². The van der Waals surface area contributed by atoms with Crippen LogP contribution < -0.4 is 0 Å². The lowest BCUT2D eigenvalue weighted by molar-refractivity contribution is -0.326. The van der Waals surface area contributed by atoms with Crippen molar-refractivity contribution in [2.45, 2.75) is 38.7 Å². The fraction of sp³-hybridized carbons (Fsp3) is 0.500. The zero-order valence-corrected chi connectivity index (χ0v) is 8.86. The largest absolute Gasteiger partial charge is 0.251 e. The van der Waals surface area contributed by atoms with E-state index in [-0.39, 0.29) is 0 Å². The van der Waals surface area contributed by atoms with E-state index < -0.39 is 5.60 Å². The lowest BCUT2D eigenvalue weighted by Crippen LogP contribution is -2.24. The van der Waals surface area contributed by atoms with Gasteiger partial charge in [-0.15, -0.1) is 0 Å². The minimum Gasteiger partial charge on any atom is -0.251 e. The van der Waals surface area contributed by atoms with Gasteiger partial charge < -0.3 is 0 Å². The van der Waals surface area contributed by atoms with Crippen molar-refractivity contribution in [2.75, 3.05) is 0 Å². The smallest absolute Gasteiger partial charge is 0.125 e. The molecule has 0 heterocycles. The molecule has 0 spiro atoms. The lowest BCUT2D eigenvalue weighted by Gasteiger charge is -2.26. The van der Waals surface area contributed by atoms with Gasteiger partial charge in [0.25, 0.3) is 0 Å². The Bertz CT molecular complexity index is 258. The average molecular weight is 194 g/mol. The molecule has 0 aliphatic rings. The second kappa shape index (κ2) is 5.13. The highest BCUT2D eigenvalue weighted by Gasteiger charge is 2.26. The molecule has 1 N–H and O–H groups in total. The van der Waals surface area contributed by atoms with E-state index in [2.05, 4.69) is 11.8 Å². The van der Waals surface area contributed by atoms with Gasteiger partial charge in [0.05, 0.1) is 0 Å². The first kappa shape index (κ1) is 11.2. The monoisotopic (exact) mass is 194 g/mol. The topological polar surface area (TPSA) is 29.5 Å². The quantitative estimate of drug-likeness (QED) is 0.573. The summed E-state index contributed by atoms with van der Waals surface area (Å²) < 4.78 is 0. The molecule has 1 aromatic carbocycles. The summed E-state index contributed by atoms with van der Waals surface area (Å²) in [5.74, 6) is 0. The van der Waals surface area contributed by atoms with Crippen molar-refractivity contribution < 1.29 is 10.1 Å². The van der Waals surface area contributed by atoms with Crippen molar-refractivity contribution in [2.24, 2.45) is 0 Å². The van der Waals surface area contributed by atoms with Crippen molar-refractivity contribution in [1.82, 2.24) is 0 Å². The van der Waals surface area contributed by atoms with Crippen LogP contribution in [-0.4, -0.2) is 5.26 Å². The first-order valence-corrected chi connectivity index (χ1v) is 5.11. The highest BCUT2D eigenvalue weighted by atomic mass is 17.1. The second-order valence-electron chi connectivity index (χ2n) is 3.79. The molecule has 78 valence electrons. The Morgan fingerprint density at radius 2 is 1.93 bits per heavy atom. The van der Waals surface area contributed by atoms with Crippen LogP contribution in [0.5, 0.6) is 0 Å². The summed E-state index contributed by atoms with van der Waals surface area (Å²) in [7, 11) is 0. The molecule has 14 heavy (non-hydrogen) atoms. The third-order valence-electron chi connectivity index (χ3n) is 2.59. The van der Waals surface area contributed by atoms with E-state index in [1.165, 1.54) is 0 Å². The zero-order chi connectivity index (χ0) is 10.4. The standard InChI is InChI=1S/C12H18O2/c1-3-4-10-12(2,14-13)11-8-6-5-7-9-11/h5-9,13H,3-4,10H2,1-2H3/t12-/m0/s1. The highest BCUT2D eigenvalue weighted by Crippen LogP contribution is 2.29. The Labute approximate surface area is 85.5 Å². The molecule has 0 unspecified atom stereocenters. The SMILES string of the molecule is CCCC[C@](C)(OO)c1ccccc1. The van der Waals surface area contributed by atoms with Crippen LogP contribution in [0.2, 0.25) is 0 Å². The maximum atomic E-state index is 8.97. The molecule has 0 aliphatic carbocycles. The molecule has 0 aliphatic heterocycles. The van der Waals surface area contributed by atoms with Crippen molar-refractivity contribution in [3.8, 4) is 0 Å². The van der Waals surface area contributed by atoms with Gasteiger partial charge in [-0.1, -0.05) is 50.1 Å². The van der Waals surface area contributed by atoms with Crippen LogP contribution in [0.4, 0.5) is 0 Å². The van der Waals surface area contributed by atoms with Gasteiger partial charge in [-0.2, -0.15) is 0 Å². The Balaban J connectivity index is 2.79. The Morgan fingerprint density at radius 1 is 1.29 bits per heavy atom. The van der Waals surface area contributed by atoms with E-state index >= 15 is 0 Å². The molecular formula is C12H18O2. The summed E-state index contributed by atoms with van der Waals surface area (Å²) >= 11 is 0. The van der Waals surface area contributed by atoms with Crippen LogP contribution in [0, 0.1) is 0 Å². The Morgan fingerprint density at radius 3 is 2.43 bits per heavy atom. The molecule has 1 atom stereocenters. The number of unbranched alkanes of at least 4 members (excludes halogenated alkanes) is 1. The van der Waals surface area contributed by atoms with Crippen molar-refractivity contribution in [1.29, 1.82) is 0 Å². The predicted molar refractivity (Wildman–Crippen MR) is 57.0 cm³/mol. The molecule has 1 aromatic rings. The van der Waals surface area contributed by atoms with E-state index in [4.69, 9.17) is 5.26 Å². The van der Waals surface area contributed by atoms with E-state index in [1.807, 2.05) is 37.3 Å². The number of rotatable bonds is 5. The van der Waals surface area contributed by atoms with E-state index in [0.717, 1.165) is 24.8 Å². The average Bonchev–Trinajstić information content (AvgIpc) is 2.27. The molecule has 1 rings (SSSR count). The maximum Gasteiger partial charge on any atom is 0.125 e. The molecule has 2 heteroatoms. The van der Waals surface area contributed by atoms with E-state index in [9.17, 15) is 0 Å². The minimum atomic E-state index is -0.558. The molecule has 0 radical (unpaired) electrons. The van der Waals surface area contributed by atoms with Gasteiger partial charge in [0.15, 0.2) is 0 Å². The molecule has 0 saturated carbocycles. The summed E-state index contributed by atoms with van der Waals surface area (Å²) in [5, 5.41) is 8.97. The molecule has 2 nitrogen and oxygen atoms in total. The summed E-state index contributed by atoms with van der Waals surface area (Å²) in [4.78, 5) is 4.63.